The van der Waals surface area contributed by atoms with Gasteiger partial charge in [0.1, 0.15) is 0 Å². The van der Waals surface area contributed by atoms with Crippen molar-refractivity contribution in [1.29, 1.82) is 0 Å². The molecule has 56 heavy (non-hydrogen) atoms. The summed E-state index contributed by atoms with van der Waals surface area (Å²) in [7, 11) is 0. The summed E-state index contributed by atoms with van der Waals surface area (Å²) in [6.07, 6.45) is 29.8. The van der Waals surface area contributed by atoms with Crippen molar-refractivity contribution in [1.82, 2.24) is 9.80 Å². The highest BCUT2D eigenvalue weighted by atomic mass is 16.7. The summed E-state index contributed by atoms with van der Waals surface area (Å²) in [6.45, 7) is 24.1. The van der Waals surface area contributed by atoms with Gasteiger partial charge >= 0.3 is 0 Å². The van der Waals surface area contributed by atoms with Crippen LogP contribution in [-0.2, 0) is 28.4 Å². The zero-order chi connectivity index (χ0) is 41.0. The van der Waals surface area contributed by atoms with Crippen LogP contribution >= 0.6 is 0 Å². The van der Waals surface area contributed by atoms with Crippen molar-refractivity contribution in [3.63, 3.8) is 0 Å². The molecular weight excluding hydrogens is 705 g/mol. The minimum Gasteiger partial charge on any atom is -0.395 e. The Kier molecular flexibility index (Phi) is 45.4. The molecule has 0 bridgehead atoms. The van der Waals surface area contributed by atoms with Gasteiger partial charge in [0.25, 0.3) is 0 Å². The highest BCUT2D eigenvalue weighted by Gasteiger charge is 2.10. The van der Waals surface area contributed by atoms with Gasteiger partial charge in [-0.1, -0.05) is 117 Å². The lowest BCUT2D eigenvalue weighted by Crippen LogP contribution is -2.33. The molecule has 0 aromatic carbocycles. The Balaban J connectivity index is 4.42. The van der Waals surface area contributed by atoms with E-state index in [4.69, 9.17) is 28.4 Å². The van der Waals surface area contributed by atoms with E-state index in [1.807, 2.05) is 20.8 Å². The second kappa shape index (κ2) is 45.7. The summed E-state index contributed by atoms with van der Waals surface area (Å²) in [4.78, 5) is 5.16. The van der Waals surface area contributed by atoms with E-state index in [9.17, 15) is 5.11 Å². The van der Waals surface area contributed by atoms with Crippen LogP contribution < -0.4 is 0 Å². The highest BCUT2D eigenvalue weighted by Crippen LogP contribution is 2.11. The van der Waals surface area contributed by atoms with E-state index in [1.165, 1.54) is 129 Å². The third-order valence-corrected chi connectivity index (χ3v) is 10.6. The average Bonchev–Trinajstić information content (AvgIpc) is 3.19. The topological polar surface area (TPSA) is 82.1 Å². The molecule has 0 aromatic rings. The van der Waals surface area contributed by atoms with E-state index < -0.39 is 0 Å². The maximum atomic E-state index is 9.76. The van der Waals surface area contributed by atoms with Gasteiger partial charge in [-0.25, -0.2) is 0 Å². The van der Waals surface area contributed by atoms with Crippen LogP contribution in [0.2, 0.25) is 0 Å². The van der Waals surface area contributed by atoms with Gasteiger partial charge in [0, 0.05) is 46.2 Å². The second-order valence-electron chi connectivity index (χ2n) is 16.1. The lowest BCUT2D eigenvalue weighted by Gasteiger charge is -2.26. The molecule has 0 saturated heterocycles. The summed E-state index contributed by atoms with van der Waals surface area (Å²) >= 11 is 0. The molecule has 0 rings (SSSR count). The van der Waals surface area contributed by atoms with Gasteiger partial charge in [-0.2, -0.15) is 0 Å². The first-order valence-electron chi connectivity index (χ1n) is 24.2. The first-order valence-corrected chi connectivity index (χ1v) is 24.2. The van der Waals surface area contributed by atoms with Gasteiger partial charge in [0.05, 0.1) is 6.61 Å². The highest BCUT2D eigenvalue weighted by molar-refractivity contribution is 4.64. The predicted molar refractivity (Wildman–Crippen MR) is 237 cm³/mol. The second-order valence-corrected chi connectivity index (χ2v) is 16.1. The molecule has 0 aromatic heterocycles. The summed E-state index contributed by atoms with van der Waals surface area (Å²) in [6, 6.07) is 0. The van der Waals surface area contributed by atoms with Crippen LogP contribution in [-0.4, -0.2) is 119 Å². The monoisotopic (exact) mass is 803 g/mol. The van der Waals surface area contributed by atoms with Gasteiger partial charge < -0.3 is 43.3 Å². The fraction of sp³-hybridized carbons (Fsp3) is 1.00. The van der Waals surface area contributed by atoms with Crippen molar-refractivity contribution in [2.75, 3.05) is 85.5 Å². The van der Waals surface area contributed by atoms with Crippen molar-refractivity contribution >= 4 is 0 Å². The minimum absolute atomic E-state index is 0.0975. The quantitative estimate of drug-likeness (QED) is 0.0478. The standard InChI is InChI=1S/C47H98N2O7/c1-7-10-13-25-39-51-45(4)54-42-28-19-16-22-32-48(33-23-17-20-29-43-55-46(5)52-40-26-14-11-8-2)35-31-36-49(37-38-50)34-24-18-21-30-44-56-47(6)53-41-27-15-12-9-3/h45-47,50H,7-44H2,1-6H3. The van der Waals surface area contributed by atoms with E-state index >= 15 is 0 Å². The summed E-state index contributed by atoms with van der Waals surface area (Å²) in [5.41, 5.74) is 0. The summed E-state index contributed by atoms with van der Waals surface area (Å²) in [5.74, 6) is 0. The number of unbranched alkanes of at least 4 members (excludes halogenated alkanes) is 18. The molecule has 0 radical (unpaired) electrons. The van der Waals surface area contributed by atoms with Gasteiger partial charge in [-0.3, -0.25) is 0 Å². The number of ether oxygens (including phenoxy) is 6. The normalized spacial score (nSPS) is 13.7. The zero-order valence-corrected chi connectivity index (χ0v) is 38.4. The Morgan fingerprint density at radius 1 is 0.304 bits per heavy atom. The molecule has 3 unspecified atom stereocenters. The fourth-order valence-electron chi connectivity index (χ4n) is 6.93. The maximum Gasteiger partial charge on any atom is 0.154 e. The van der Waals surface area contributed by atoms with E-state index in [2.05, 4.69) is 30.6 Å². The largest absolute Gasteiger partial charge is 0.395 e. The molecule has 0 amide bonds. The summed E-state index contributed by atoms with van der Waals surface area (Å²) < 4.78 is 35.1. The molecule has 0 aliphatic rings. The zero-order valence-electron chi connectivity index (χ0n) is 38.4. The van der Waals surface area contributed by atoms with Crippen LogP contribution in [0, 0.1) is 0 Å². The van der Waals surface area contributed by atoms with Crippen molar-refractivity contribution < 1.29 is 33.5 Å². The number of rotatable bonds is 48. The Labute approximate surface area is 349 Å². The molecule has 0 heterocycles. The fourth-order valence-corrected chi connectivity index (χ4v) is 6.93. The first-order chi connectivity index (χ1) is 27.5. The van der Waals surface area contributed by atoms with Crippen LogP contribution in [0.1, 0.15) is 202 Å². The molecule has 338 valence electrons. The molecule has 0 aliphatic carbocycles. The van der Waals surface area contributed by atoms with E-state index in [0.29, 0.717) is 0 Å². The molecule has 0 fully saturated rings. The third-order valence-electron chi connectivity index (χ3n) is 10.6. The smallest absolute Gasteiger partial charge is 0.154 e. The molecular formula is C47H98N2O7. The number of aliphatic hydroxyl groups is 1. The van der Waals surface area contributed by atoms with Crippen LogP contribution in [0.3, 0.4) is 0 Å². The number of aliphatic hydroxyl groups excluding tert-OH is 1. The third kappa shape index (κ3) is 41.8. The number of nitrogens with zero attached hydrogens (tertiary/aromatic N) is 2. The summed E-state index contributed by atoms with van der Waals surface area (Å²) in [5, 5.41) is 9.76. The van der Waals surface area contributed by atoms with E-state index in [1.54, 1.807) is 0 Å². The molecule has 3 atom stereocenters. The van der Waals surface area contributed by atoms with Crippen LogP contribution in [0.25, 0.3) is 0 Å². The molecule has 9 nitrogen and oxygen atoms in total. The minimum atomic E-state index is -0.103. The molecule has 0 aliphatic heterocycles. The molecule has 9 heteroatoms. The first kappa shape index (κ1) is 55.6. The Morgan fingerprint density at radius 3 is 0.804 bits per heavy atom. The van der Waals surface area contributed by atoms with Gasteiger partial charge in [-0.15, -0.1) is 0 Å². The Morgan fingerprint density at radius 2 is 0.536 bits per heavy atom. The Bertz CT molecular complexity index is 703. The molecule has 0 spiro atoms. The van der Waals surface area contributed by atoms with Crippen LogP contribution in [0.4, 0.5) is 0 Å². The molecule has 0 saturated carbocycles. The van der Waals surface area contributed by atoms with Crippen molar-refractivity contribution in [3.05, 3.63) is 0 Å². The van der Waals surface area contributed by atoms with Gasteiger partial charge in [0.2, 0.25) is 0 Å². The Hall–Kier alpha value is -0.360. The number of hydrogen-bond donors (Lipinski definition) is 1. The predicted octanol–water partition coefficient (Wildman–Crippen LogP) is 11.5. The lowest BCUT2D eigenvalue weighted by atomic mass is 10.1. The van der Waals surface area contributed by atoms with E-state index in [0.717, 1.165) is 111 Å². The average molecular weight is 803 g/mol. The van der Waals surface area contributed by atoms with Crippen LogP contribution in [0.5, 0.6) is 0 Å². The van der Waals surface area contributed by atoms with Gasteiger partial charge in [-0.05, 0) is 118 Å². The van der Waals surface area contributed by atoms with Crippen molar-refractivity contribution in [3.8, 4) is 0 Å². The van der Waals surface area contributed by atoms with E-state index in [-0.39, 0.29) is 25.5 Å². The lowest BCUT2D eigenvalue weighted by molar-refractivity contribution is -0.132. The maximum absolute atomic E-state index is 9.76. The SMILES string of the molecule is CCCCCCOC(C)OCCCCCCN(CCO)CCCN(CCCCCCOC(C)OCCCCCC)CCCCCCOC(C)OCCCCCC. The molecule has 1 N–H and O–H groups in total. The van der Waals surface area contributed by atoms with Gasteiger partial charge in [0.15, 0.2) is 18.9 Å². The van der Waals surface area contributed by atoms with Crippen molar-refractivity contribution in [2.45, 2.75) is 221 Å². The van der Waals surface area contributed by atoms with Crippen molar-refractivity contribution in [2.24, 2.45) is 0 Å². The van der Waals surface area contributed by atoms with Crippen LogP contribution in [0.15, 0.2) is 0 Å². The number of hydrogen-bond acceptors (Lipinski definition) is 9.